The fraction of sp³-hybridized carbons (Fsp3) is 0.438. The van der Waals surface area contributed by atoms with E-state index in [-0.39, 0.29) is 12.2 Å². The van der Waals surface area contributed by atoms with Crippen molar-refractivity contribution < 1.29 is 9.52 Å². The Labute approximate surface area is 118 Å². The zero-order chi connectivity index (χ0) is 14.7. The topological polar surface area (TPSA) is 53.7 Å². The molecule has 20 heavy (non-hydrogen) atoms. The Balaban J connectivity index is 2.45. The summed E-state index contributed by atoms with van der Waals surface area (Å²) in [5.74, 6) is 0. The molecule has 108 valence electrons. The highest BCUT2D eigenvalue weighted by atomic mass is 16.4. The van der Waals surface area contributed by atoms with Crippen LogP contribution in [0.3, 0.4) is 0 Å². The molecule has 0 radical (unpaired) electrons. The SMILES string of the molecule is Cc1ccc2c(CN(CCO)C(C)C)cc(=O)oc2c1. The van der Waals surface area contributed by atoms with Gasteiger partial charge in [-0.3, -0.25) is 4.90 Å². The molecule has 4 nitrogen and oxygen atoms in total. The molecule has 0 aliphatic rings. The zero-order valence-electron chi connectivity index (χ0n) is 12.2. The Morgan fingerprint density at radius 3 is 2.70 bits per heavy atom. The molecule has 2 rings (SSSR count). The first-order chi connectivity index (χ1) is 9.51. The van der Waals surface area contributed by atoms with Gasteiger partial charge in [0.25, 0.3) is 0 Å². The largest absolute Gasteiger partial charge is 0.423 e. The summed E-state index contributed by atoms with van der Waals surface area (Å²) >= 11 is 0. The maximum atomic E-state index is 11.7. The molecular weight excluding hydrogens is 254 g/mol. The molecule has 0 fully saturated rings. The molecule has 0 aliphatic heterocycles. The normalized spacial score (nSPS) is 11.7. The lowest BCUT2D eigenvalue weighted by Gasteiger charge is -2.25. The van der Waals surface area contributed by atoms with Crippen LogP contribution >= 0.6 is 0 Å². The van der Waals surface area contributed by atoms with Crippen LogP contribution < -0.4 is 5.63 Å². The molecule has 0 bridgehead atoms. The van der Waals surface area contributed by atoms with Crippen LogP contribution in [-0.2, 0) is 6.54 Å². The quantitative estimate of drug-likeness (QED) is 0.851. The van der Waals surface area contributed by atoms with Crippen molar-refractivity contribution in [1.29, 1.82) is 0 Å². The molecule has 0 atom stereocenters. The standard InChI is InChI=1S/C16H21NO3/c1-11(2)17(6-7-18)10-13-9-16(19)20-15-8-12(3)4-5-14(13)15/h4-5,8-9,11,18H,6-7,10H2,1-3H3. The predicted molar refractivity (Wildman–Crippen MR) is 79.9 cm³/mol. The summed E-state index contributed by atoms with van der Waals surface area (Å²) in [6.07, 6.45) is 0. The van der Waals surface area contributed by atoms with Crippen molar-refractivity contribution >= 4 is 11.0 Å². The van der Waals surface area contributed by atoms with Crippen molar-refractivity contribution in [3.63, 3.8) is 0 Å². The minimum Gasteiger partial charge on any atom is -0.423 e. The maximum Gasteiger partial charge on any atom is 0.336 e. The Morgan fingerprint density at radius 1 is 1.30 bits per heavy atom. The maximum absolute atomic E-state index is 11.7. The van der Waals surface area contributed by atoms with Gasteiger partial charge >= 0.3 is 5.63 Å². The number of aliphatic hydroxyl groups is 1. The van der Waals surface area contributed by atoms with Gasteiger partial charge < -0.3 is 9.52 Å². The van der Waals surface area contributed by atoms with E-state index in [1.54, 1.807) is 6.07 Å². The van der Waals surface area contributed by atoms with E-state index in [2.05, 4.69) is 18.7 Å². The summed E-state index contributed by atoms with van der Waals surface area (Å²) in [6.45, 7) is 7.45. The molecule has 1 aromatic carbocycles. The van der Waals surface area contributed by atoms with E-state index >= 15 is 0 Å². The predicted octanol–water partition coefficient (Wildman–Crippen LogP) is 2.30. The Hall–Kier alpha value is -1.65. The highest BCUT2D eigenvalue weighted by molar-refractivity contribution is 5.80. The van der Waals surface area contributed by atoms with Gasteiger partial charge in [0.2, 0.25) is 0 Å². The van der Waals surface area contributed by atoms with Crippen LogP contribution in [-0.4, -0.2) is 29.2 Å². The molecule has 0 saturated heterocycles. The molecule has 1 aromatic heterocycles. The first-order valence-corrected chi connectivity index (χ1v) is 6.89. The number of rotatable bonds is 5. The molecule has 0 unspecified atom stereocenters. The van der Waals surface area contributed by atoms with E-state index < -0.39 is 0 Å². The number of aryl methyl sites for hydroxylation is 1. The van der Waals surface area contributed by atoms with Crippen molar-refractivity contribution in [2.45, 2.75) is 33.4 Å². The van der Waals surface area contributed by atoms with Crippen molar-refractivity contribution in [2.75, 3.05) is 13.2 Å². The number of benzene rings is 1. The van der Waals surface area contributed by atoms with E-state index in [1.165, 1.54) is 0 Å². The molecule has 2 aromatic rings. The second kappa shape index (κ2) is 6.20. The average Bonchev–Trinajstić information content (AvgIpc) is 2.37. The molecule has 1 N–H and O–H groups in total. The molecule has 4 heteroatoms. The molecule has 0 saturated carbocycles. The summed E-state index contributed by atoms with van der Waals surface area (Å²) in [5, 5.41) is 10.1. The fourth-order valence-corrected chi connectivity index (χ4v) is 2.34. The van der Waals surface area contributed by atoms with Crippen molar-refractivity contribution in [3.8, 4) is 0 Å². The highest BCUT2D eigenvalue weighted by Gasteiger charge is 2.13. The third-order valence-corrected chi connectivity index (χ3v) is 3.48. The van der Waals surface area contributed by atoms with Gasteiger partial charge in [0.15, 0.2) is 0 Å². The van der Waals surface area contributed by atoms with E-state index in [4.69, 9.17) is 9.52 Å². The third kappa shape index (κ3) is 3.26. The molecular formula is C16H21NO3. The summed E-state index contributed by atoms with van der Waals surface area (Å²) in [6, 6.07) is 7.73. The zero-order valence-corrected chi connectivity index (χ0v) is 12.2. The Kier molecular flexibility index (Phi) is 4.57. The van der Waals surface area contributed by atoms with E-state index in [1.807, 2.05) is 25.1 Å². The van der Waals surface area contributed by atoms with Crippen LogP contribution in [0.25, 0.3) is 11.0 Å². The summed E-state index contributed by atoms with van der Waals surface area (Å²) < 4.78 is 5.26. The lowest BCUT2D eigenvalue weighted by molar-refractivity contribution is 0.159. The average molecular weight is 275 g/mol. The minimum absolute atomic E-state index is 0.108. The van der Waals surface area contributed by atoms with Crippen molar-refractivity contribution in [1.82, 2.24) is 4.90 Å². The van der Waals surface area contributed by atoms with Gasteiger partial charge in [-0.2, -0.15) is 0 Å². The van der Waals surface area contributed by atoms with Gasteiger partial charge in [-0.15, -0.1) is 0 Å². The van der Waals surface area contributed by atoms with Crippen LogP contribution in [0, 0.1) is 6.92 Å². The van der Waals surface area contributed by atoms with E-state index in [9.17, 15) is 4.79 Å². The van der Waals surface area contributed by atoms with Gasteiger partial charge in [-0.1, -0.05) is 12.1 Å². The van der Waals surface area contributed by atoms with Crippen LogP contribution in [0.15, 0.2) is 33.5 Å². The van der Waals surface area contributed by atoms with E-state index in [0.717, 1.165) is 16.5 Å². The number of nitrogens with zero attached hydrogens (tertiary/aromatic N) is 1. The first-order valence-electron chi connectivity index (χ1n) is 6.89. The highest BCUT2D eigenvalue weighted by Crippen LogP contribution is 2.20. The van der Waals surface area contributed by atoms with Crippen LogP contribution in [0.1, 0.15) is 25.0 Å². The number of fused-ring (bicyclic) bond motifs is 1. The van der Waals surface area contributed by atoms with Crippen molar-refractivity contribution in [3.05, 3.63) is 45.8 Å². The summed E-state index contributed by atoms with van der Waals surface area (Å²) in [5.41, 5.74) is 2.30. The van der Waals surface area contributed by atoms with Crippen molar-refractivity contribution in [2.24, 2.45) is 0 Å². The Bertz CT molecular complexity index is 646. The minimum atomic E-state index is -0.328. The van der Waals surface area contributed by atoms with Crippen LogP contribution in [0.4, 0.5) is 0 Å². The Morgan fingerprint density at radius 2 is 2.05 bits per heavy atom. The summed E-state index contributed by atoms with van der Waals surface area (Å²) in [7, 11) is 0. The number of aliphatic hydroxyl groups excluding tert-OH is 1. The summed E-state index contributed by atoms with van der Waals surface area (Å²) in [4.78, 5) is 13.8. The van der Waals surface area contributed by atoms with Gasteiger partial charge in [0.05, 0.1) is 6.61 Å². The van der Waals surface area contributed by atoms with Gasteiger partial charge in [0.1, 0.15) is 5.58 Å². The first kappa shape index (κ1) is 14.8. The fourth-order valence-electron chi connectivity index (χ4n) is 2.34. The smallest absolute Gasteiger partial charge is 0.336 e. The number of hydrogen-bond acceptors (Lipinski definition) is 4. The lowest BCUT2D eigenvalue weighted by Crippen LogP contribution is -2.33. The van der Waals surface area contributed by atoms with Crippen LogP contribution in [0.2, 0.25) is 0 Å². The number of hydrogen-bond donors (Lipinski definition) is 1. The second-order valence-electron chi connectivity index (χ2n) is 5.38. The molecule has 0 amide bonds. The van der Waals surface area contributed by atoms with Crippen LogP contribution in [0.5, 0.6) is 0 Å². The lowest BCUT2D eigenvalue weighted by atomic mass is 10.1. The van der Waals surface area contributed by atoms with Gasteiger partial charge in [-0.05, 0) is 38.0 Å². The monoisotopic (exact) mass is 275 g/mol. The second-order valence-corrected chi connectivity index (χ2v) is 5.38. The van der Waals surface area contributed by atoms with Gasteiger partial charge in [-0.25, -0.2) is 4.79 Å². The molecule has 1 heterocycles. The third-order valence-electron chi connectivity index (χ3n) is 3.48. The van der Waals surface area contributed by atoms with Gasteiger partial charge in [0, 0.05) is 30.6 Å². The molecule has 0 spiro atoms. The molecule has 0 aliphatic carbocycles. The van der Waals surface area contributed by atoms with E-state index in [0.29, 0.717) is 24.7 Å².